The lowest BCUT2D eigenvalue weighted by Gasteiger charge is -2.41. The molecular formula is C16H24N2O4. The third-order valence-corrected chi connectivity index (χ3v) is 4.68. The molecule has 2 N–H and O–H groups in total. The van der Waals surface area contributed by atoms with Crippen molar-refractivity contribution in [3.63, 3.8) is 0 Å². The highest BCUT2D eigenvalue weighted by atomic mass is 16.3. The van der Waals surface area contributed by atoms with Gasteiger partial charge in [0.15, 0.2) is 5.76 Å². The van der Waals surface area contributed by atoms with Crippen LogP contribution in [0.4, 0.5) is 0 Å². The summed E-state index contributed by atoms with van der Waals surface area (Å²) < 4.78 is 5.01. The molecule has 0 aromatic carbocycles. The van der Waals surface area contributed by atoms with E-state index < -0.39 is 6.04 Å². The largest absolute Gasteiger partial charge is 0.459 e. The first kappa shape index (κ1) is 16.5. The van der Waals surface area contributed by atoms with Crippen molar-refractivity contribution in [1.29, 1.82) is 0 Å². The number of carbonyl (C=O) groups is 2. The van der Waals surface area contributed by atoms with Gasteiger partial charge in [0.05, 0.1) is 6.26 Å². The number of hydrogen-bond acceptors (Lipinski definition) is 4. The second-order valence-corrected chi connectivity index (χ2v) is 6.01. The number of rotatable bonds is 5. The predicted octanol–water partition coefficient (Wildman–Crippen LogP) is 1.41. The van der Waals surface area contributed by atoms with Crippen LogP contribution < -0.4 is 5.32 Å². The van der Waals surface area contributed by atoms with Crippen molar-refractivity contribution >= 4 is 11.8 Å². The zero-order valence-corrected chi connectivity index (χ0v) is 13.2. The number of piperidine rings is 1. The van der Waals surface area contributed by atoms with Crippen LogP contribution in [0, 0.1) is 5.41 Å². The van der Waals surface area contributed by atoms with Crippen molar-refractivity contribution in [3.8, 4) is 0 Å². The molecule has 2 rings (SSSR count). The van der Waals surface area contributed by atoms with Crippen LogP contribution in [0.3, 0.4) is 0 Å². The molecule has 1 aromatic rings. The molecule has 0 bridgehead atoms. The second kappa shape index (κ2) is 6.96. The second-order valence-electron chi connectivity index (χ2n) is 6.01. The van der Waals surface area contributed by atoms with Gasteiger partial charge in [-0.15, -0.1) is 0 Å². The topological polar surface area (TPSA) is 82.8 Å². The molecule has 1 atom stereocenters. The van der Waals surface area contributed by atoms with Crippen LogP contribution >= 0.6 is 0 Å². The average molecular weight is 308 g/mol. The summed E-state index contributed by atoms with van der Waals surface area (Å²) in [6, 6.07) is 2.59. The van der Waals surface area contributed by atoms with Crippen LogP contribution in [0.2, 0.25) is 0 Å². The van der Waals surface area contributed by atoms with Gasteiger partial charge < -0.3 is 19.7 Å². The van der Waals surface area contributed by atoms with E-state index in [2.05, 4.69) is 12.2 Å². The van der Waals surface area contributed by atoms with Gasteiger partial charge in [-0.3, -0.25) is 9.59 Å². The predicted molar refractivity (Wildman–Crippen MR) is 81.3 cm³/mol. The van der Waals surface area contributed by atoms with Gasteiger partial charge >= 0.3 is 0 Å². The molecule has 1 unspecified atom stereocenters. The van der Waals surface area contributed by atoms with Crippen molar-refractivity contribution in [2.45, 2.75) is 39.2 Å². The Bertz CT molecular complexity index is 498. The van der Waals surface area contributed by atoms with Crippen LogP contribution in [0.15, 0.2) is 22.8 Å². The van der Waals surface area contributed by atoms with Gasteiger partial charge in [-0.25, -0.2) is 0 Å². The SMILES string of the molecule is CCC1(CO)CCN(C(=O)C(C)NC(=O)c2ccco2)CC1. The number of hydrogen-bond donors (Lipinski definition) is 2. The number of furan rings is 1. The molecule has 122 valence electrons. The van der Waals surface area contributed by atoms with Crippen LogP contribution in [-0.4, -0.2) is 47.6 Å². The maximum atomic E-state index is 12.4. The molecule has 6 nitrogen and oxygen atoms in total. The Labute approximate surface area is 130 Å². The van der Waals surface area contributed by atoms with E-state index in [1.807, 2.05) is 0 Å². The number of aliphatic hydroxyl groups is 1. The summed E-state index contributed by atoms with van der Waals surface area (Å²) in [7, 11) is 0. The minimum atomic E-state index is -0.596. The molecule has 0 spiro atoms. The average Bonchev–Trinajstić information content (AvgIpc) is 3.08. The van der Waals surface area contributed by atoms with Crippen molar-refractivity contribution in [1.82, 2.24) is 10.2 Å². The fraction of sp³-hybridized carbons (Fsp3) is 0.625. The zero-order chi connectivity index (χ0) is 16.2. The van der Waals surface area contributed by atoms with Gasteiger partial charge in [-0.05, 0) is 43.7 Å². The van der Waals surface area contributed by atoms with E-state index in [-0.39, 0.29) is 29.6 Å². The monoisotopic (exact) mass is 308 g/mol. The Morgan fingerprint density at radius 3 is 2.64 bits per heavy atom. The normalized spacial score (nSPS) is 18.8. The Morgan fingerprint density at radius 2 is 2.14 bits per heavy atom. The van der Waals surface area contributed by atoms with E-state index in [0.717, 1.165) is 19.3 Å². The molecule has 2 heterocycles. The molecule has 0 radical (unpaired) electrons. The highest BCUT2D eigenvalue weighted by Gasteiger charge is 2.35. The summed E-state index contributed by atoms with van der Waals surface area (Å²) in [5.41, 5.74) is -0.0581. The molecule has 0 aliphatic carbocycles. The molecule has 1 aliphatic heterocycles. The third kappa shape index (κ3) is 3.50. The van der Waals surface area contributed by atoms with Crippen LogP contribution in [0.25, 0.3) is 0 Å². The van der Waals surface area contributed by atoms with Crippen molar-refractivity contribution in [3.05, 3.63) is 24.2 Å². The molecule has 0 saturated carbocycles. The van der Waals surface area contributed by atoms with E-state index in [1.165, 1.54) is 6.26 Å². The summed E-state index contributed by atoms with van der Waals surface area (Å²) in [6.07, 6.45) is 3.93. The lowest BCUT2D eigenvalue weighted by molar-refractivity contribution is -0.135. The van der Waals surface area contributed by atoms with E-state index in [0.29, 0.717) is 13.1 Å². The molecule has 1 saturated heterocycles. The molecule has 1 fully saturated rings. The van der Waals surface area contributed by atoms with Crippen LogP contribution in [0.1, 0.15) is 43.7 Å². The molecule has 1 aromatic heterocycles. The van der Waals surface area contributed by atoms with Crippen LogP contribution in [-0.2, 0) is 4.79 Å². The molecular weight excluding hydrogens is 284 g/mol. The number of aliphatic hydroxyl groups excluding tert-OH is 1. The van der Waals surface area contributed by atoms with Gasteiger partial charge in [0.25, 0.3) is 5.91 Å². The standard InChI is InChI=1S/C16H24N2O4/c1-3-16(11-19)6-8-18(9-7-16)15(21)12(2)17-14(20)13-5-4-10-22-13/h4-5,10,12,19H,3,6-9,11H2,1-2H3,(H,17,20). The minimum Gasteiger partial charge on any atom is -0.459 e. The van der Waals surface area contributed by atoms with Gasteiger partial charge in [-0.1, -0.05) is 6.92 Å². The van der Waals surface area contributed by atoms with Gasteiger partial charge in [0.1, 0.15) is 6.04 Å². The van der Waals surface area contributed by atoms with E-state index in [1.54, 1.807) is 24.0 Å². The van der Waals surface area contributed by atoms with Crippen molar-refractivity contribution < 1.29 is 19.1 Å². The quantitative estimate of drug-likeness (QED) is 0.861. The summed E-state index contributed by atoms with van der Waals surface area (Å²) in [5, 5.41) is 12.2. The fourth-order valence-electron chi connectivity index (χ4n) is 2.84. The third-order valence-electron chi connectivity index (χ3n) is 4.68. The Hall–Kier alpha value is -1.82. The molecule has 6 heteroatoms. The summed E-state index contributed by atoms with van der Waals surface area (Å²) in [6.45, 7) is 5.15. The zero-order valence-electron chi connectivity index (χ0n) is 13.2. The van der Waals surface area contributed by atoms with Gasteiger partial charge in [-0.2, -0.15) is 0 Å². The lowest BCUT2D eigenvalue weighted by Crippen LogP contribution is -2.51. The Kier molecular flexibility index (Phi) is 5.24. The van der Waals surface area contributed by atoms with Crippen LogP contribution in [0.5, 0.6) is 0 Å². The number of likely N-dealkylation sites (tertiary alicyclic amines) is 1. The summed E-state index contributed by atoms with van der Waals surface area (Å²) in [4.78, 5) is 26.1. The first-order valence-corrected chi connectivity index (χ1v) is 7.75. The lowest BCUT2D eigenvalue weighted by atomic mass is 9.77. The van der Waals surface area contributed by atoms with Crippen molar-refractivity contribution in [2.75, 3.05) is 19.7 Å². The van der Waals surface area contributed by atoms with Gasteiger partial charge in [0.2, 0.25) is 5.91 Å². The Morgan fingerprint density at radius 1 is 1.45 bits per heavy atom. The minimum absolute atomic E-state index is 0.0581. The number of amides is 2. The number of nitrogens with zero attached hydrogens (tertiary/aromatic N) is 1. The number of carbonyl (C=O) groups excluding carboxylic acids is 2. The Balaban J connectivity index is 1.88. The highest BCUT2D eigenvalue weighted by Crippen LogP contribution is 2.34. The first-order chi connectivity index (χ1) is 10.5. The molecule has 1 aliphatic rings. The fourth-order valence-corrected chi connectivity index (χ4v) is 2.84. The maximum Gasteiger partial charge on any atom is 0.287 e. The van der Waals surface area contributed by atoms with E-state index in [9.17, 15) is 14.7 Å². The number of nitrogens with one attached hydrogen (secondary N) is 1. The highest BCUT2D eigenvalue weighted by molar-refractivity contribution is 5.95. The van der Waals surface area contributed by atoms with E-state index >= 15 is 0 Å². The first-order valence-electron chi connectivity index (χ1n) is 7.75. The molecule has 22 heavy (non-hydrogen) atoms. The molecule has 2 amide bonds. The van der Waals surface area contributed by atoms with Crippen molar-refractivity contribution in [2.24, 2.45) is 5.41 Å². The smallest absolute Gasteiger partial charge is 0.287 e. The summed E-state index contributed by atoms with van der Waals surface area (Å²) >= 11 is 0. The maximum absolute atomic E-state index is 12.4. The van der Waals surface area contributed by atoms with Gasteiger partial charge in [0, 0.05) is 19.7 Å². The van der Waals surface area contributed by atoms with E-state index in [4.69, 9.17) is 4.42 Å². The summed E-state index contributed by atoms with van der Waals surface area (Å²) in [5.74, 6) is -0.285.